The average Bonchev–Trinajstić information content (AvgIpc) is 3.77. The van der Waals surface area contributed by atoms with Gasteiger partial charge in [0.2, 0.25) is 0 Å². The Morgan fingerprint density at radius 3 is 1.35 bits per heavy atom. The smallest absolute Gasteiger partial charge is 0.383 e. The fourth-order valence-electron chi connectivity index (χ4n) is 15.3. The number of allylic oxidation sites excluding steroid dienone is 8. The molecule has 17 heteroatoms. The number of halogens is 10. The third kappa shape index (κ3) is 8.10. The number of fused-ring (bicyclic) bond motifs is 8. The molecule has 0 heterocycles. The van der Waals surface area contributed by atoms with E-state index in [0.29, 0.717) is 56.3 Å². The Balaban J connectivity index is 0.000000178. The van der Waals surface area contributed by atoms with Crippen molar-refractivity contribution in [3.8, 4) is 0 Å². The van der Waals surface area contributed by atoms with Gasteiger partial charge >= 0.3 is 24.2 Å². The van der Waals surface area contributed by atoms with Crippen LogP contribution in [0.2, 0.25) is 0 Å². The van der Waals surface area contributed by atoms with Crippen LogP contribution < -0.4 is 0 Å². The van der Waals surface area contributed by atoms with Gasteiger partial charge in [-0.05, 0) is 176 Å². The minimum absolute atomic E-state index is 0.0106. The predicted molar refractivity (Wildman–Crippen MR) is 254 cm³/mol. The number of hydrogen-bond acceptors (Lipinski definition) is 6. The SMILES string of the molecule is CCSc1ccc([C@H]2C[C@@]3(C)C(CC[C@@]3(O)C(F)(F)C(F)(F)F)C3CCC4=CC(=O)CCC4=C32)cc1.CS(=O)c1ccc([C@H]2C[C@@]3(C)C(CC[C@@]3(O)C(F)(F)C(F)(F)F)C3CCC4=CC(=O)CCC4=C32)cc1. The molecule has 5 unspecified atom stereocenters. The standard InChI is InChI=1S/C28H31F5O2S.C27H29F5O3S/c1-3-36-19-8-4-16(5-9-19)22-15-25(2)23(12-13-26(25,35)27(29,30)28(31,32)33)21-10-6-17-14-18(34)7-11-20(17)24(21)22;1-24-14-21(15-3-7-18(8-4-15)36(2)35)23-19-10-6-17(33)13-16(19)5-9-20(23)22(24)11-12-25(24,34)26(28,29)27(30,31)32/h4-5,8-9,14,21-23,35H,3,6-7,10-13,15H2,1-2H3;3-4,7-8,13,20-22,34H,5-6,9-12,14H2,1-2H3/t21?,22-,23?,25+,26+;20?,21-,22?,24+,25+,36?/m11/s1. The van der Waals surface area contributed by atoms with Crippen molar-refractivity contribution in [2.45, 2.75) is 168 Å². The first kappa shape index (κ1) is 53.3. The van der Waals surface area contributed by atoms with E-state index in [4.69, 9.17) is 0 Å². The molecule has 2 aromatic carbocycles. The van der Waals surface area contributed by atoms with E-state index in [1.165, 1.54) is 20.1 Å². The van der Waals surface area contributed by atoms with E-state index >= 15 is 8.78 Å². The summed E-state index contributed by atoms with van der Waals surface area (Å²) in [6.45, 7) is 4.90. The zero-order valence-corrected chi connectivity index (χ0v) is 42.2. The fourth-order valence-corrected chi connectivity index (χ4v) is 16.5. The Hall–Kier alpha value is -3.54. The Kier molecular flexibility index (Phi) is 13.6. The predicted octanol–water partition coefficient (Wildman–Crippen LogP) is 13.9. The quantitative estimate of drug-likeness (QED) is 0.212. The first-order valence-electron chi connectivity index (χ1n) is 25.0. The molecule has 8 aliphatic carbocycles. The number of rotatable bonds is 7. The van der Waals surface area contributed by atoms with Crippen LogP contribution in [0.5, 0.6) is 0 Å². The third-order valence-corrected chi connectivity index (χ3v) is 20.6. The van der Waals surface area contributed by atoms with E-state index in [1.54, 1.807) is 48.2 Å². The van der Waals surface area contributed by atoms with Gasteiger partial charge in [0, 0.05) is 62.4 Å². The van der Waals surface area contributed by atoms with Crippen LogP contribution in [0.3, 0.4) is 0 Å². The maximum Gasteiger partial charge on any atom is 0.456 e. The van der Waals surface area contributed by atoms with Crippen LogP contribution in [0.15, 0.2) is 104 Å². The zero-order chi connectivity index (χ0) is 52.4. The summed E-state index contributed by atoms with van der Waals surface area (Å²) >= 11 is 1.67. The van der Waals surface area contributed by atoms with Gasteiger partial charge in [-0.15, -0.1) is 11.8 Å². The zero-order valence-electron chi connectivity index (χ0n) is 40.6. The van der Waals surface area contributed by atoms with Crippen LogP contribution in [-0.2, 0) is 20.4 Å². The summed E-state index contributed by atoms with van der Waals surface area (Å²) in [6.07, 6.45) is -3.76. The molecular weight excluding hydrogens is 995 g/mol. The first-order valence-corrected chi connectivity index (χ1v) is 27.5. The molecule has 0 amide bonds. The monoisotopic (exact) mass is 1050 g/mol. The number of carbonyl (C=O) groups is 2. The number of hydrogen-bond donors (Lipinski definition) is 2. The van der Waals surface area contributed by atoms with Gasteiger partial charge < -0.3 is 10.2 Å². The van der Waals surface area contributed by atoms with Crippen LogP contribution in [0.1, 0.15) is 134 Å². The molecule has 72 heavy (non-hydrogen) atoms. The number of benzene rings is 2. The van der Waals surface area contributed by atoms with Crippen LogP contribution in [0.4, 0.5) is 43.9 Å². The normalized spacial score (nSPS) is 35.2. The molecule has 0 aromatic heterocycles. The van der Waals surface area contributed by atoms with E-state index < -0.39 is 93.5 Å². The Labute approximate surface area is 419 Å². The summed E-state index contributed by atoms with van der Waals surface area (Å²) in [6, 6.07) is 14.7. The highest BCUT2D eigenvalue weighted by molar-refractivity contribution is 7.99. The van der Waals surface area contributed by atoms with Crippen LogP contribution in [0, 0.1) is 34.5 Å². The molecule has 2 aromatic rings. The second-order valence-electron chi connectivity index (χ2n) is 22.0. The van der Waals surface area contributed by atoms with E-state index in [2.05, 4.69) is 0 Å². The van der Waals surface area contributed by atoms with E-state index in [9.17, 15) is 59.1 Å². The largest absolute Gasteiger partial charge is 0.456 e. The maximum atomic E-state index is 15.0. The van der Waals surface area contributed by atoms with Gasteiger partial charge in [-0.2, -0.15) is 43.9 Å². The Morgan fingerprint density at radius 1 is 0.597 bits per heavy atom. The Bertz CT molecular complexity index is 2670. The van der Waals surface area contributed by atoms with Gasteiger partial charge in [0.05, 0.1) is 0 Å². The second-order valence-corrected chi connectivity index (χ2v) is 24.7. The lowest BCUT2D eigenvalue weighted by atomic mass is 9.50. The molecule has 8 aliphatic rings. The molecule has 4 saturated carbocycles. The average molecular weight is 1060 g/mol. The fraction of sp³-hybridized carbons (Fsp3) is 0.600. The highest BCUT2D eigenvalue weighted by Gasteiger charge is 2.80. The van der Waals surface area contributed by atoms with E-state index in [-0.39, 0.29) is 49.1 Å². The lowest BCUT2D eigenvalue weighted by molar-refractivity contribution is -0.362. The number of ketones is 2. The molecule has 0 spiro atoms. The third-order valence-electron chi connectivity index (χ3n) is 18.7. The van der Waals surface area contributed by atoms with Crippen molar-refractivity contribution in [3.63, 3.8) is 0 Å². The molecule has 4 fully saturated rings. The van der Waals surface area contributed by atoms with E-state index in [0.717, 1.165) is 55.2 Å². The summed E-state index contributed by atoms with van der Waals surface area (Å²) < 4.78 is 154. The van der Waals surface area contributed by atoms with Crippen molar-refractivity contribution in [1.82, 2.24) is 0 Å². The van der Waals surface area contributed by atoms with Crippen LogP contribution in [0.25, 0.3) is 0 Å². The van der Waals surface area contributed by atoms with Gasteiger partial charge in [0.1, 0.15) is 11.2 Å². The number of aliphatic hydroxyl groups is 2. The second kappa shape index (κ2) is 18.3. The highest BCUT2D eigenvalue weighted by atomic mass is 32.2. The highest BCUT2D eigenvalue weighted by Crippen LogP contribution is 2.72. The minimum atomic E-state index is -5.87. The molecule has 2 N–H and O–H groups in total. The van der Waals surface area contributed by atoms with Gasteiger partial charge in [-0.25, -0.2) is 0 Å². The first-order chi connectivity index (χ1) is 33.5. The van der Waals surface area contributed by atoms with Gasteiger partial charge in [-0.3, -0.25) is 13.8 Å². The van der Waals surface area contributed by atoms with Gasteiger partial charge in [0.25, 0.3) is 0 Å². The van der Waals surface area contributed by atoms with Crippen LogP contribution >= 0.6 is 11.8 Å². The topological polar surface area (TPSA) is 91.7 Å². The molecule has 0 radical (unpaired) electrons. The molecule has 5 nitrogen and oxygen atoms in total. The summed E-state index contributed by atoms with van der Waals surface area (Å²) in [5.41, 5.74) is -1.94. The summed E-state index contributed by atoms with van der Waals surface area (Å²) in [4.78, 5) is 25.9. The maximum absolute atomic E-state index is 15.0. The molecule has 392 valence electrons. The summed E-state index contributed by atoms with van der Waals surface area (Å²) in [5, 5.41) is 22.6. The number of alkyl halides is 10. The molecule has 10 rings (SSSR count). The van der Waals surface area contributed by atoms with Crippen molar-refractivity contribution in [2.75, 3.05) is 12.0 Å². The van der Waals surface area contributed by atoms with Crippen molar-refractivity contribution in [3.05, 3.63) is 105 Å². The summed E-state index contributed by atoms with van der Waals surface area (Å²) in [5.74, 6) is -11.8. The molecular formula is C55H60F10O5S2. The van der Waals surface area contributed by atoms with Gasteiger partial charge in [0.15, 0.2) is 11.6 Å². The molecule has 0 aliphatic heterocycles. The summed E-state index contributed by atoms with van der Waals surface area (Å²) in [7, 11) is -1.23. The molecule has 0 bridgehead atoms. The minimum Gasteiger partial charge on any atom is -0.383 e. The lowest BCUT2D eigenvalue weighted by Gasteiger charge is -2.56. The Morgan fingerprint density at radius 2 is 0.986 bits per heavy atom. The van der Waals surface area contributed by atoms with Crippen molar-refractivity contribution in [2.24, 2.45) is 34.5 Å². The lowest BCUT2D eigenvalue weighted by Crippen LogP contribution is -2.65. The van der Waals surface area contributed by atoms with Crippen molar-refractivity contribution >= 4 is 34.1 Å². The van der Waals surface area contributed by atoms with Crippen LogP contribution in [-0.4, -0.2) is 73.4 Å². The molecule has 11 atom stereocenters. The molecule has 0 saturated heterocycles. The van der Waals surface area contributed by atoms with E-state index in [1.807, 2.05) is 31.2 Å². The van der Waals surface area contributed by atoms with Crippen molar-refractivity contribution < 1.29 is 67.9 Å². The number of carbonyl (C=O) groups excluding carboxylic acids is 2. The number of thioether (sulfide) groups is 1. The van der Waals surface area contributed by atoms with Gasteiger partial charge in [-0.1, -0.05) is 56.2 Å². The van der Waals surface area contributed by atoms with Crippen molar-refractivity contribution in [1.29, 1.82) is 0 Å².